The Labute approximate surface area is 159 Å². The van der Waals surface area contributed by atoms with Crippen molar-refractivity contribution >= 4 is 37.3 Å². The van der Waals surface area contributed by atoms with Gasteiger partial charge in [0.05, 0.1) is 15.1 Å². The highest BCUT2D eigenvalue weighted by Crippen LogP contribution is 2.35. The lowest BCUT2D eigenvalue weighted by atomic mass is 10.2. The molecule has 9 heteroatoms. The zero-order valence-corrected chi connectivity index (χ0v) is 16.3. The molecule has 0 saturated heterocycles. The molecule has 0 aliphatic carbocycles. The van der Waals surface area contributed by atoms with Gasteiger partial charge < -0.3 is 14.0 Å². The minimum absolute atomic E-state index is 0.164. The zero-order valence-electron chi connectivity index (χ0n) is 14.6. The van der Waals surface area contributed by atoms with E-state index < -0.39 is 15.7 Å². The molecule has 0 unspecified atom stereocenters. The highest BCUT2D eigenvalue weighted by atomic mass is 32.2. The number of rotatable bonds is 2. The summed E-state index contributed by atoms with van der Waals surface area (Å²) in [6, 6.07) is 9.52. The molecule has 1 aliphatic rings. The molecular formula is C18H16N2O5S2. The number of benzene rings is 2. The first-order valence-corrected chi connectivity index (χ1v) is 10.8. The Morgan fingerprint density at radius 3 is 2.37 bits per heavy atom. The molecule has 1 aromatic heterocycles. The van der Waals surface area contributed by atoms with E-state index >= 15 is 0 Å². The first kappa shape index (κ1) is 17.7. The van der Waals surface area contributed by atoms with E-state index in [0.29, 0.717) is 35.1 Å². The Morgan fingerprint density at radius 1 is 1.11 bits per heavy atom. The number of carbonyl (C=O) groups excluding carboxylic acids is 1. The SMILES string of the molecule is Cn1c(=NC(=O)c2ccc(S(C)(=O)=O)cc2)sc2cc3c(cc21)OCCO3. The maximum atomic E-state index is 12.5. The van der Waals surface area contributed by atoms with Crippen molar-refractivity contribution in [1.29, 1.82) is 0 Å². The van der Waals surface area contributed by atoms with Gasteiger partial charge in [0.15, 0.2) is 26.1 Å². The van der Waals surface area contributed by atoms with Crippen molar-refractivity contribution in [1.82, 2.24) is 4.57 Å². The molecule has 0 saturated carbocycles. The number of sulfone groups is 1. The fraction of sp³-hybridized carbons (Fsp3) is 0.222. The van der Waals surface area contributed by atoms with Gasteiger partial charge in [-0.1, -0.05) is 11.3 Å². The van der Waals surface area contributed by atoms with Crippen LogP contribution in [0.25, 0.3) is 10.2 Å². The number of amides is 1. The van der Waals surface area contributed by atoms with Gasteiger partial charge in [-0.05, 0) is 24.3 Å². The predicted octanol–water partition coefficient (Wildman–Crippen LogP) is 2.16. The minimum atomic E-state index is -3.30. The maximum Gasteiger partial charge on any atom is 0.279 e. The van der Waals surface area contributed by atoms with Gasteiger partial charge >= 0.3 is 0 Å². The summed E-state index contributed by atoms with van der Waals surface area (Å²) in [7, 11) is -1.48. The summed E-state index contributed by atoms with van der Waals surface area (Å²) in [6.07, 6.45) is 1.12. The van der Waals surface area contributed by atoms with E-state index in [-0.39, 0.29) is 4.90 Å². The third kappa shape index (κ3) is 3.35. The van der Waals surface area contributed by atoms with Gasteiger partial charge in [0.25, 0.3) is 5.91 Å². The predicted molar refractivity (Wildman–Crippen MR) is 101 cm³/mol. The third-order valence-electron chi connectivity index (χ3n) is 4.20. The van der Waals surface area contributed by atoms with Crippen molar-refractivity contribution < 1.29 is 22.7 Å². The molecule has 4 rings (SSSR count). The number of nitrogens with zero attached hydrogens (tertiary/aromatic N) is 2. The summed E-state index contributed by atoms with van der Waals surface area (Å²) in [5.74, 6) is 0.927. The second-order valence-corrected chi connectivity index (χ2v) is 9.15. The van der Waals surface area contributed by atoms with Gasteiger partial charge in [-0.15, -0.1) is 0 Å². The lowest BCUT2D eigenvalue weighted by Gasteiger charge is -2.18. The number of ether oxygens (including phenoxy) is 2. The molecule has 0 spiro atoms. The van der Waals surface area contributed by atoms with Crippen molar-refractivity contribution in [2.75, 3.05) is 19.5 Å². The second kappa shape index (κ2) is 6.50. The van der Waals surface area contributed by atoms with Gasteiger partial charge in [-0.3, -0.25) is 4.79 Å². The Kier molecular flexibility index (Phi) is 4.27. The molecule has 0 radical (unpaired) electrons. The lowest BCUT2D eigenvalue weighted by Crippen LogP contribution is -2.15. The van der Waals surface area contributed by atoms with Crippen LogP contribution in [0.1, 0.15) is 10.4 Å². The van der Waals surface area contributed by atoms with Crippen LogP contribution in [0, 0.1) is 0 Å². The summed E-state index contributed by atoms with van der Waals surface area (Å²) in [5, 5.41) is 0. The number of aromatic nitrogens is 1. The van der Waals surface area contributed by atoms with Gasteiger partial charge in [0.1, 0.15) is 13.2 Å². The Bertz CT molecular complexity index is 1220. The standard InChI is InChI=1S/C18H16N2O5S2/c1-20-13-9-14-15(25-8-7-24-14)10-16(13)26-18(20)19-17(21)11-3-5-12(6-4-11)27(2,22)23/h3-6,9-10H,7-8H2,1-2H3. The molecule has 0 atom stereocenters. The molecule has 1 amide bonds. The van der Waals surface area contributed by atoms with E-state index in [0.717, 1.165) is 16.5 Å². The van der Waals surface area contributed by atoms with E-state index in [4.69, 9.17) is 9.47 Å². The van der Waals surface area contributed by atoms with Crippen LogP contribution >= 0.6 is 11.3 Å². The number of hydrogen-bond donors (Lipinski definition) is 0. The van der Waals surface area contributed by atoms with E-state index in [1.807, 2.05) is 23.7 Å². The van der Waals surface area contributed by atoms with Gasteiger partial charge in [-0.25, -0.2) is 8.42 Å². The van der Waals surface area contributed by atoms with Crippen LogP contribution < -0.4 is 14.3 Å². The van der Waals surface area contributed by atoms with Crippen LogP contribution in [0.2, 0.25) is 0 Å². The topological polar surface area (TPSA) is 87.0 Å². The Morgan fingerprint density at radius 2 is 1.74 bits per heavy atom. The normalized spacial score (nSPS) is 14.5. The first-order chi connectivity index (χ1) is 12.8. The van der Waals surface area contributed by atoms with E-state index in [1.54, 1.807) is 0 Å². The largest absolute Gasteiger partial charge is 0.486 e. The van der Waals surface area contributed by atoms with Crippen molar-refractivity contribution in [3.8, 4) is 11.5 Å². The summed E-state index contributed by atoms with van der Waals surface area (Å²) in [6.45, 7) is 1.01. The fourth-order valence-electron chi connectivity index (χ4n) is 2.77. The molecule has 0 N–H and O–H groups in total. The molecule has 7 nitrogen and oxygen atoms in total. The van der Waals surface area contributed by atoms with E-state index in [9.17, 15) is 13.2 Å². The molecule has 3 aromatic rings. The number of carbonyl (C=O) groups is 1. The summed E-state index contributed by atoms with van der Waals surface area (Å²) < 4.78 is 37.0. The van der Waals surface area contributed by atoms with Crippen LogP contribution in [0.5, 0.6) is 11.5 Å². The van der Waals surface area contributed by atoms with Crippen molar-refractivity contribution in [2.45, 2.75) is 4.90 Å². The first-order valence-electron chi connectivity index (χ1n) is 8.11. The molecule has 1 aliphatic heterocycles. The number of thiazole rings is 1. The highest BCUT2D eigenvalue weighted by Gasteiger charge is 2.16. The molecule has 0 fully saturated rings. The van der Waals surface area contributed by atoms with Crippen LogP contribution in [-0.4, -0.2) is 38.4 Å². The Hall–Kier alpha value is -2.65. The van der Waals surface area contributed by atoms with Crippen LogP contribution in [-0.2, 0) is 16.9 Å². The maximum absolute atomic E-state index is 12.5. The van der Waals surface area contributed by atoms with Crippen LogP contribution in [0.4, 0.5) is 0 Å². The van der Waals surface area contributed by atoms with Crippen molar-refractivity contribution in [2.24, 2.45) is 12.0 Å². The number of aryl methyl sites for hydroxylation is 1. The quantitative estimate of drug-likeness (QED) is 0.653. The number of fused-ring (bicyclic) bond motifs is 2. The smallest absolute Gasteiger partial charge is 0.279 e. The van der Waals surface area contributed by atoms with Gasteiger partial charge in [0.2, 0.25) is 0 Å². The zero-order chi connectivity index (χ0) is 19.2. The summed E-state index contributed by atoms with van der Waals surface area (Å²) >= 11 is 1.37. The van der Waals surface area contributed by atoms with Crippen molar-refractivity contribution in [3.63, 3.8) is 0 Å². The lowest BCUT2D eigenvalue weighted by molar-refractivity contribution is 0.0998. The average molecular weight is 404 g/mol. The minimum Gasteiger partial charge on any atom is -0.486 e. The summed E-state index contributed by atoms with van der Waals surface area (Å²) in [4.78, 5) is 17.4. The molecule has 2 aromatic carbocycles. The highest BCUT2D eigenvalue weighted by molar-refractivity contribution is 7.90. The van der Waals surface area contributed by atoms with Gasteiger partial charge in [0, 0.05) is 31.0 Å². The fourth-order valence-corrected chi connectivity index (χ4v) is 4.42. The summed E-state index contributed by atoms with van der Waals surface area (Å²) in [5.41, 5.74) is 1.22. The third-order valence-corrected chi connectivity index (χ3v) is 6.42. The Balaban J connectivity index is 1.74. The molecule has 0 bridgehead atoms. The van der Waals surface area contributed by atoms with Crippen LogP contribution in [0.3, 0.4) is 0 Å². The van der Waals surface area contributed by atoms with Crippen molar-refractivity contribution in [3.05, 3.63) is 46.8 Å². The second-order valence-electron chi connectivity index (χ2n) is 6.12. The van der Waals surface area contributed by atoms with E-state index in [1.165, 1.54) is 35.6 Å². The molecule has 140 valence electrons. The molecular weight excluding hydrogens is 388 g/mol. The molecule has 2 heterocycles. The van der Waals surface area contributed by atoms with E-state index in [2.05, 4.69) is 4.99 Å². The van der Waals surface area contributed by atoms with Gasteiger partial charge in [-0.2, -0.15) is 4.99 Å². The average Bonchev–Trinajstić information content (AvgIpc) is 2.94. The monoisotopic (exact) mass is 404 g/mol. The number of hydrogen-bond acceptors (Lipinski definition) is 6. The van der Waals surface area contributed by atoms with Crippen LogP contribution in [0.15, 0.2) is 46.3 Å². The molecule has 27 heavy (non-hydrogen) atoms.